The Bertz CT molecular complexity index is 324. The fraction of sp³-hybridized carbons (Fsp3) is 0.455. The van der Waals surface area contributed by atoms with Crippen molar-refractivity contribution in [3.8, 4) is 5.75 Å². The molecule has 1 aromatic rings. The maximum Gasteiger partial charge on any atom is 0.387 e. The highest BCUT2D eigenvalue weighted by Crippen LogP contribution is 2.22. The Labute approximate surface area is 87.5 Å². The molecule has 0 heterocycles. The molecule has 0 saturated carbocycles. The lowest BCUT2D eigenvalue weighted by Crippen LogP contribution is -2.07. The number of hydrogen-bond donors (Lipinski definition) is 1. The van der Waals surface area contributed by atoms with Crippen molar-refractivity contribution in [3.63, 3.8) is 0 Å². The number of rotatable bonds is 4. The minimum absolute atomic E-state index is 0.170. The number of ether oxygens (including phenoxy) is 1. The first kappa shape index (κ1) is 11.9. The average Bonchev–Trinajstić information content (AvgIpc) is 2.09. The molecule has 0 aliphatic rings. The molecular weight excluding hydrogens is 202 g/mol. The first-order chi connectivity index (χ1) is 6.99. The summed E-state index contributed by atoms with van der Waals surface area (Å²) in [6, 6.07) is 5.03. The number of aryl methyl sites for hydroxylation is 1. The van der Waals surface area contributed by atoms with Crippen molar-refractivity contribution in [2.24, 2.45) is 0 Å². The van der Waals surface area contributed by atoms with Gasteiger partial charge in [0.25, 0.3) is 0 Å². The van der Waals surface area contributed by atoms with Gasteiger partial charge in [-0.25, -0.2) is 0 Å². The van der Waals surface area contributed by atoms with Crippen molar-refractivity contribution in [2.75, 3.05) is 0 Å². The molecule has 0 aliphatic carbocycles. The van der Waals surface area contributed by atoms with E-state index in [1.807, 2.05) is 0 Å². The van der Waals surface area contributed by atoms with Gasteiger partial charge in [0.15, 0.2) is 0 Å². The Kier molecular flexibility index (Phi) is 4.03. The molecule has 0 aromatic heterocycles. The van der Waals surface area contributed by atoms with E-state index in [1.54, 1.807) is 26.0 Å². The lowest BCUT2D eigenvalue weighted by molar-refractivity contribution is -0.0503. The van der Waals surface area contributed by atoms with Crippen molar-refractivity contribution in [1.82, 2.24) is 0 Å². The van der Waals surface area contributed by atoms with E-state index in [0.29, 0.717) is 12.0 Å². The van der Waals surface area contributed by atoms with Gasteiger partial charge in [-0.15, -0.1) is 0 Å². The molecule has 0 saturated heterocycles. The highest BCUT2D eigenvalue weighted by Gasteiger charge is 2.08. The molecule has 0 spiro atoms. The SMILES string of the molecule is Cc1ccc(CC(C)O)cc1OC(F)F. The van der Waals surface area contributed by atoms with Crippen LogP contribution in [0.25, 0.3) is 0 Å². The number of benzene rings is 1. The quantitative estimate of drug-likeness (QED) is 0.838. The minimum Gasteiger partial charge on any atom is -0.435 e. The zero-order valence-electron chi connectivity index (χ0n) is 8.71. The molecule has 1 aromatic carbocycles. The zero-order valence-corrected chi connectivity index (χ0v) is 8.71. The van der Waals surface area contributed by atoms with Crippen molar-refractivity contribution in [2.45, 2.75) is 33.0 Å². The highest BCUT2D eigenvalue weighted by molar-refractivity contribution is 5.36. The van der Waals surface area contributed by atoms with E-state index in [1.165, 1.54) is 6.07 Å². The summed E-state index contributed by atoms with van der Waals surface area (Å²) in [5.41, 5.74) is 1.44. The van der Waals surface area contributed by atoms with Crippen LogP contribution in [0, 0.1) is 6.92 Å². The van der Waals surface area contributed by atoms with Crippen molar-refractivity contribution >= 4 is 0 Å². The van der Waals surface area contributed by atoms with Gasteiger partial charge in [0, 0.05) is 0 Å². The van der Waals surface area contributed by atoms with Crippen LogP contribution in [0.4, 0.5) is 8.78 Å². The number of aliphatic hydroxyl groups excluding tert-OH is 1. The third-order valence-electron chi connectivity index (χ3n) is 2.00. The van der Waals surface area contributed by atoms with Crippen LogP contribution < -0.4 is 4.74 Å². The largest absolute Gasteiger partial charge is 0.435 e. The van der Waals surface area contributed by atoms with Crippen LogP contribution in [0.1, 0.15) is 18.1 Å². The summed E-state index contributed by atoms with van der Waals surface area (Å²) >= 11 is 0. The van der Waals surface area contributed by atoms with E-state index < -0.39 is 12.7 Å². The van der Waals surface area contributed by atoms with E-state index >= 15 is 0 Å². The van der Waals surface area contributed by atoms with E-state index in [9.17, 15) is 8.78 Å². The molecule has 1 rings (SSSR count). The fourth-order valence-corrected chi connectivity index (χ4v) is 1.34. The third kappa shape index (κ3) is 3.83. The summed E-state index contributed by atoms with van der Waals surface area (Å²) in [5, 5.41) is 9.16. The van der Waals surface area contributed by atoms with Crippen molar-refractivity contribution < 1.29 is 18.6 Å². The maximum absolute atomic E-state index is 12.0. The molecule has 84 valence electrons. The predicted octanol–water partition coefficient (Wildman–Crippen LogP) is 2.52. The fourth-order valence-electron chi connectivity index (χ4n) is 1.34. The summed E-state index contributed by atoms with van der Waals surface area (Å²) < 4.78 is 28.4. The van der Waals surface area contributed by atoms with Crippen LogP contribution in [0.15, 0.2) is 18.2 Å². The Morgan fingerprint density at radius 3 is 2.60 bits per heavy atom. The van der Waals surface area contributed by atoms with Gasteiger partial charge in [-0.05, 0) is 37.5 Å². The summed E-state index contributed by atoms with van der Waals surface area (Å²) in [5.74, 6) is 0.170. The average molecular weight is 216 g/mol. The van der Waals surface area contributed by atoms with Gasteiger partial charge in [-0.1, -0.05) is 12.1 Å². The maximum atomic E-state index is 12.0. The smallest absolute Gasteiger partial charge is 0.387 e. The molecule has 15 heavy (non-hydrogen) atoms. The third-order valence-corrected chi connectivity index (χ3v) is 2.00. The number of hydrogen-bond acceptors (Lipinski definition) is 2. The Balaban J connectivity index is 2.85. The Morgan fingerprint density at radius 2 is 2.07 bits per heavy atom. The summed E-state index contributed by atoms with van der Waals surface area (Å²) in [4.78, 5) is 0. The normalized spacial score (nSPS) is 12.9. The van der Waals surface area contributed by atoms with Gasteiger partial charge in [0.2, 0.25) is 0 Å². The molecular formula is C11H14F2O2. The second kappa shape index (κ2) is 5.07. The van der Waals surface area contributed by atoms with Gasteiger partial charge in [-0.3, -0.25) is 0 Å². The van der Waals surface area contributed by atoms with Crippen molar-refractivity contribution in [3.05, 3.63) is 29.3 Å². The minimum atomic E-state index is -2.81. The molecule has 0 fully saturated rings. The van der Waals surface area contributed by atoms with E-state index in [0.717, 1.165) is 5.56 Å². The summed E-state index contributed by atoms with van der Waals surface area (Å²) in [6.07, 6.45) is -0.0630. The standard InChI is InChI=1S/C11H14F2O2/c1-7-3-4-9(5-8(2)14)6-10(7)15-11(12)13/h3-4,6,8,11,14H,5H2,1-2H3. The lowest BCUT2D eigenvalue weighted by Gasteiger charge is -2.10. The highest BCUT2D eigenvalue weighted by atomic mass is 19.3. The molecule has 0 bridgehead atoms. The van der Waals surface area contributed by atoms with E-state index in [2.05, 4.69) is 4.74 Å². The predicted molar refractivity (Wildman–Crippen MR) is 53.2 cm³/mol. The Hall–Kier alpha value is -1.16. The van der Waals surface area contributed by atoms with Gasteiger partial charge in [-0.2, -0.15) is 8.78 Å². The first-order valence-electron chi connectivity index (χ1n) is 4.71. The van der Waals surface area contributed by atoms with Crippen LogP contribution in [0.3, 0.4) is 0 Å². The molecule has 1 unspecified atom stereocenters. The molecule has 1 atom stereocenters. The van der Waals surface area contributed by atoms with Crippen LogP contribution in [0.2, 0.25) is 0 Å². The van der Waals surface area contributed by atoms with Gasteiger partial charge < -0.3 is 9.84 Å². The lowest BCUT2D eigenvalue weighted by atomic mass is 10.1. The van der Waals surface area contributed by atoms with E-state index in [4.69, 9.17) is 5.11 Å². The number of alkyl halides is 2. The Morgan fingerprint density at radius 1 is 1.40 bits per heavy atom. The zero-order chi connectivity index (χ0) is 11.4. The topological polar surface area (TPSA) is 29.5 Å². The molecule has 0 aliphatic heterocycles. The second-order valence-electron chi connectivity index (χ2n) is 3.53. The number of halogens is 2. The van der Waals surface area contributed by atoms with Gasteiger partial charge >= 0.3 is 6.61 Å². The number of aliphatic hydroxyl groups is 1. The van der Waals surface area contributed by atoms with Crippen LogP contribution in [-0.2, 0) is 6.42 Å². The second-order valence-corrected chi connectivity index (χ2v) is 3.53. The van der Waals surface area contributed by atoms with E-state index in [-0.39, 0.29) is 5.75 Å². The first-order valence-corrected chi connectivity index (χ1v) is 4.71. The summed E-state index contributed by atoms with van der Waals surface area (Å²) in [6.45, 7) is 0.530. The van der Waals surface area contributed by atoms with Crippen LogP contribution >= 0.6 is 0 Å². The van der Waals surface area contributed by atoms with Gasteiger partial charge in [0.05, 0.1) is 6.10 Å². The molecule has 0 radical (unpaired) electrons. The summed E-state index contributed by atoms with van der Waals surface area (Å²) in [7, 11) is 0. The monoisotopic (exact) mass is 216 g/mol. The van der Waals surface area contributed by atoms with Crippen molar-refractivity contribution in [1.29, 1.82) is 0 Å². The molecule has 2 nitrogen and oxygen atoms in total. The molecule has 1 N–H and O–H groups in total. The molecule has 0 amide bonds. The van der Waals surface area contributed by atoms with Crippen LogP contribution in [-0.4, -0.2) is 17.8 Å². The molecule has 4 heteroatoms. The van der Waals surface area contributed by atoms with Gasteiger partial charge in [0.1, 0.15) is 5.75 Å². The van der Waals surface area contributed by atoms with Crippen LogP contribution in [0.5, 0.6) is 5.75 Å².